The number of rotatable bonds is 7. The topological polar surface area (TPSA) is 3.24 Å². The minimum absolute atomic E-state index is 0.0680. The average molecular weight is 950 g/mol. The van der Waals surface area contributed by atoms with Crippen molar-refractivity contribution in [1.82, 2.24) is 0 Å². The van der Waals surface area contributed by atoms with Gasteiger partial charge in [-0.2, -0.15) is 0 Å². The predicted molar refractivity (Wildman–Crippen MR) is 314 cm³/mol. The van der Waals surface area contributed by atoms with Gasteiger partial charge in [0.25, 0.3) is 0 Å². The van der Waals surface area contributed by atoms with Crippen molar-refractivity contribution in [3.8, 4) is 66.8 Å². The fourth-order valence-electron chi connectivity index (χ4n) is 12.2. The number of benzene rings is 11. The van der Waals surface area contributed by atoms with E-state index in [1.165, 1.54) is 111 Å². The first kappa shape index (κ1) is 45.4. The van der Waals surface area contributed by atoms with Crippen molar-refractivity contribution < 1.29 is 0 Å². The standard InChI is InChI=1S/C73H59N/c1-71(2,3)55-34-40-63-64-41-35-56(72(4,5)6)46-68(64)73(67(63)45-55)66-44-53(52-25-17-26-54(43-52)60-29-18-24-50-23-13-14-27-59(50)60)33-39-62(66)65-42-38-58(47-69(65)73)74(57-36-31-49(32-37-57)48-19-9-7-10-20-48)70-30-16-15-28-61(70)51-21-11-8-12-22-51/h7-47H,1-6H3. The van der Waals surface area contributed by atoms with Gasteiger partial charge in [0.1, 0.15) is 0 Å². The van der Waals surface area contributed by atoms with Crippen molar-refractivity contribution in [1.29, 1.82) is 0 Å². The molecule has 1 nitrogen and oxygen atoms in total. The Balaban J connectivity index is 1.08. The van der Waals surface area contributed by atoms with Crippen LogP contribution in [-0.2, 0) is 16.2 Å². The van der Waals surface area contributed by atoms with E-state index >= 15 is 0 Å². The van der Waals surface area contributed by atoms with Crippen molar-refractivity contribution in [3.05, 3.63) is 282 Å². The van der Waals surface area contributed by atoms with Gasteiger partial charge in [-0.25, -0.2) is 0 Å². The van der Waals surface area contributed by atoms with Crippen LogP contribution in [-0.4, -0.2) is 0 Å². The summed E-state index contributed by atoms with van der Waals surface area (Å²) in [7, 11) is 0. The van der Waals surface area contributed by atoms with E-state index in [4.69, 9.17) is 0 Å². The van der Waals surface area contributed by atoms with Crippen LogP contribution in [0.2, 0.25) is 0 Å². The molecule has 0 amide bonds. The van der Waals surface area contributed by atoms with Crippen molar-refractivity contribution in [3.63, 3.8) is 0 Å². The Bertz CT molecular complexity index is 3890. The van der Waals surface area contributed by atoms with Gasteiger partial charge in [0.2, 0.25) is 0 Å². The van der Waals surface area contributed by atoms with E-state index in [9.17, 15) is 0 Å². The van der Waals surface area contributed by atoms with Gasteiger partial charge < -0.3 is 4.90 Å². The van der Waals surface area contributed by atoms with Gasteiger partial charge in [0.15, 0.2) is 0 Å². The summed E-state index contributed by atoms with van der Waals surface area (Å²) in [6.07, 6.45) is 0. The second-order valence-corrected chi connectivity index (χ2v) is 22.5. The molecule has 0 aliphatic heterocycles. The number of para-hydroxylation sites is 1. The zero-order chi connectivity index (χ0) is 50.3. The molecule has 74 heavy (non-hydrogen) atoms. The minimum Gasteiger partial charge on any atom is -0.310 e. The summed E-state index contributed by atoms with van der Waals surface area (Å²) >= 11 is 0. The van der Waals surface area contributed by atoms with Crippen molar-refractivity contribution in [2.45, 2.75) is 57.8 Å². The Morgan fingerprint density at radius 3 is 1.41 bits per heavy atom. The Kier molecular flexibility index (Phi) is 10.6. The SMILES string of the molecule is CC(C)(C)c1ccc2c(c1)C1(c3cc(-c4cccc(-c5cccc6ccccc56)c4)ccc3-c3ccc(N(c4ccc(-c5ccccc5)cc4)c4ccccc4-c4ccccc4)cc31)c1cc(C(C)(C)C)ccc1-2. The zero-order valence-corrected chi connectivity index (χ0v) is 43.1. The minimum atomic E-state index is -0.626. The summed E-state index contributed by atoms with van der Waals surface area (Å²) in [5.74, 6) is 0. The molecule has 0 heterocycles. The quantitative estimate of drug-likeness (QED) is 0.154. The molecule has 11 aromatic rings. The van der Waals surface area contributed by atoms with E-state index in [0.29, 0.717) is 0 Å². The lowest BCUT2D eigenvalue weighted by atomic mass is 9.68. The molecule has 0 N–H and O–H groups in total. The second-order valence-electron chi connectivity index (χ2n) is 22.5. The lowest BCUT2D eigenvalue weighted by Crippen LogP contribution is -2.27. The van der Waals surface area contributed by atoms with E-state index < -0.39 is 5.41 Å². The molecule has 356 valence electrons. The van der Waals surface area contributed by atoms with E-state index in [2.05, 4.69) is 295 Å². The molecular weight excluding hydrogens is 891 g/mol. The fraction of sp³-hybridized carbons (Fsp3) is 0.123. The Labute approximate surface area is 437 Å². The van der Waals surface area contributed by atoms with Crippen molar-refractivity contribution in [2.75, 3.05) is 4.90 Å². The van der Waals surface area contributed by atoms with Gasteiger partial charge >= 0.3 is 0 Å². The number of fused-ring (bicyclic) bond motifs is 11. The van der Waals surface area contributed by atoms with Crippen LogP contribution in [0, 0.1) is 0 Å². The molecule has 2 aliphatic rings. The first-order valence-electron chi connectivity index (χ1n) is 26.2. The van der Waals surface area contributed by atoms with Gasteiger partial charge in [0, 0.05) is 16.9 Å². The third kappa shape index (κ3) is 7.36. The molecule has 0 saturated carbocycles. The summed E-state index contributed by atoms with van der Waals surface area (Å²) in [5.41, 5.74) is 25.4. The van der Waals surface area contributed by atoms with Crippen LogP contribution in [0.25, 0.3) is 77.5 Å². The Hall–Kier alpha value is -8.52. The molecule has 13 rings (SSSR count). The molecule has 2 aliphatic carbocycles. The Morgan fingerprint density at radius 2 is 0.730 bits per heavy atom. The highest BCUT2D eigenvalue weighted by Crippen LogP contribution is 2.65. The van der Waals surface area contributed by atoms with Gasteiger partial charge in [-0.15, -0.1) is 0 Å². The largest absolute Gasteiger partial charge is 0.310 e. The third-order valence-electron chi connectivity index (χ3n) is 16.0. The average Bonchev–Trinajstić information content (AvgIpc) is 3.89. The summed E-state index contributed by atoms with van der Waals surface area (Å²) < 4.78 is 0. The normalized spacial score (nSPS) is 13.1. The highest BCUT2D eigenvalue weighted by atomic mass is 15.1. The van der Waals surface area contributed by atoms with Crippen LogP contribution >= 0.6 is 0 Å². The smallest absolute Gasteiger partial charge is 0.0726 e. The van der Waals surface area contributed by atoms with Gasteiger partial charge in [0.05, 0.1) is 11.1 Å². The molecule has 1 heteroatoms. The number of nitrogens with zero attached hydrogens (tertiary/aromatic N) is 1. The maximum atomic E-state index is 2.57. The third-order valence-corrected chi connectivity index (χ3v) is 16.0. The number of hydrogen-bond acceptors (Lipinski definition) is 1. The molecule has 0 saturated heterocycles. The van der Waals surface area contributed by atoms with E-state index in [0.717, 1.165) is 17.1 Å². The first-order chi connectivity index (χ1) is 35.9. The highest BCUT2D eigenvalue weighted by Gasteiger charge is 2.53. The van der Waals surface area contributed by atoms with E-state index in [1.807, 2.05) is 0 Å². The monoisotopic (exact) mass is 949 g/mol. The van der Waals surface area contributed by atoms with Crippen molar-refractivity contribution in [2.24, 2.45) is 0 Å². The number of anilines is 3. The summed E-state index contributed by atoms with van der Waals surface area (Å²) in [6.45, 7) is 14.1. The van der Waals surface area contributed by atoms with Crippen LogP contribution in [0.15, 0.2) is 249 Å². The highest BCUT2D eigenvalue weighted by molar-refractivity contribution is 6.00. The molecule has 1 spiro atoms. The molecule has 0 bridgehead atoms. The van der Waals surface area contributed by atoms with Crippen molar-refractivity contribution >= 4 is 27.8 Å². The number of hydrogen-bond donors (Lipinski definition) is 0. The van der Waals surface area contributed by atoms with Gasteiger partial charge in [-0.05, 0) is 159 Å². The predicted octanol–water partition coefficient (Wildman–Crippen LogP) is 19.9. The second kappa shape index (κ2) is 17.3. The maximum absolute atomic E-state index is 2.57. The first-order valence-corrected chi connectivity index (χ1v) is 26.2. The summed E-state index contributed by atoms with van der Waals surface area (Å²) in [5, 5.41) is 2.52. The van der Waals surface area contributed by atoms with Crippen LogP contribution in [0.3, 0.4) is 0 Å². The van der Waals surface area contributed by atoms with Crippen LogP contribution in [0.5, 0.6) is 0 Å². The molecule has 0 aromatic heterocycles. The molecule has 0 unspecified atom stereocenters. The summed E-state index contributed by atoms with van der Waals surface area (Å²) in [6, 6.07) is 93.6. The Morgan fingerprint density at radius 1 is 0.284 bits per heavy atom. The van der Waals surface area contributed by atoms with Crippen LogP contribution in [0.1, 0.15) is 74.9 Å². The van der Waals surface area contributed by atoms with Crippen LogP contribution in [0.4, 0.5) is 17.1 Å². The fourth-order valence-corrected chi connectivity index (χ4v) is 12.2. The lowest BCUT2D eigenvalue weighted by Gasteiger charge is -2.34. The molecule has 11 aromatic carbocycles. The van der Waals surface area contributed by atoms with E-state index in [-0.39, 0.29) is 10.8 Å². The lowest BCUT2D eigenvalue weighted by molar-refractivity contribution is 0.586. The molecule has 0 fully saturated rings. The van der Waals surface area contributed by atoms with Gasteiger partial charge in [-0.1, -0.05) is 248 Å². The molecule has 0 atom stereocenters. The molecule has 0 radical (unpaired) electrons. The van der Waals surface area contributed by atoms with Crippen LogP contribution < -0.4 is 4.90 Å². The molecular formula is C73H59N. The van der Waals surface area contributed by atoms with Gasteiger partial charge in [-0.3, -0.25) is 0 Å². The maximum Gasteiger partial charge on any atom is 0.0726 e. The van der Waals surface area contributed by atoms with E-state index in [1.54, 1.807) is 0 Å². The summed E-state index contributed by atoms with van der Waals surface area (Å²) in [4.78, 5) is 2.49. The zero-order valence-electron chi connectivity index (χ0n) is 43.1.